The van der Waals surface area contributed by atoms with Crippen LogP contribution in [0.1, 0.15) is 37.4 Å². The van der Waals surface area contributed by atoms with Crippen LogP contribution in [-0.2, 0) is 6.54 Å². The van der Waals surface area contributed by atoms with Crippen LogP contribution in [-0.4, -0.2) is 23.5 Å². The zero-order valence-corrected chi connectivity index (χ0v) is 15.5. The molecule has 0 amide bonds. The minimum Gasteiger partial charge on any atom is -0.313 e. The molecule has 2 aromatic rings. The van der Waals surface area contributed by atoms with E-state index in [1.54, 1.807) is 0 Å². The van der Waals surface area contributed by atoms with E-state index < -0.39 is 0 Å². The van der Waals surface area contributed by atoms with Crippen molar-refractivity contribution >= 4 is 15.9 Å². The van der Waals surface area contributed by atoms with Crippen LogP contribution < -0.4 is 5.32 Å². The molecule has 0 aromatic heterocycles. The fraction of sp³-hybridized carbons (Fsp3) is 0.400. The predicted octanol–water partition coefficient (Wildman–Crippen LogP) is 4.76. The third kappa shape index (κ3) is 4.03. The maximum atomic E-state index is 3.69. The monoisotopic (exact) mass is 372 g/mol. The van der Waals surface area contributed by atoms with Crippen LogP contribution in [0.2, 0.25) is 0 Å². The van der Waals surface area contributed by atoms with Crippen molar-refractivity contribution in [3.05, 3.63) is 70.2 Å². The average molecular weight is 373 g/mol. The summed E-state index contributed by atoms with van der Waals surface area (Å²) in [4.78, 5) is 2.63. The Labute approximate surface area is 148 Å². The zero-order valence-electron chi connectivity index (χ0n) is 13.9. The third-order valence-corrected chi connectivity index (χ3v) is 5.40. The second-order valence-corrected chi connectivity index (χ2v) is 7.50. The standard InChI is InChI=1S/C20H25BrN2/c1-15(2)22-13-18-12-20(16-8-4-3-5-9-16)23(18)14-17-10-6-7-11-19(17)21/h3-11,15,18,20,22H,12-14H2,1-2H3. The maximum Gasteiger partial charge on any atom is 0.0370 e. The van der Waals surface area contributed by atoms with Gasteiger partial charge in [0.15, 0.2) is 0 Å². The highest BCUT2D eigenvalue weighted by molar-refractivity contribution is 9.10. The summed E-state index contributed by atoms with van der Waals surface area (Å²) >= 11 is 3.69. The van der Waals surface area contributed by atoms with Gasteiger partial charge in [0, 0.05) is 35.7 Å². The van der Waals surface area contributed by atoms with Gasteiger partial charge in [-0.2, -0.15) is 0 Å². The Balaban J connectivity index is 1.75. The Morgan fingerprint density at radius 2 is 1.78 bits per heavy atom. The van der Waals surface area contributed by atoms with Crippen LogP contribution >= 0.6 is 15.9 Å². The second kappa shape index (κ2) is 7.61. The minimum atomic E-state index is 0.530. The molecule has 0 radical (unpaired) electrons. The van der Waals surface area contributed by atoms with Gasteiger partial charge in [-0.1, -0.05) is 78.3 Å². The van der Waals surface area contributed by atoms with E-state index in [1.807, 2.05) is 0 Å². The van der Waals surface area contributed by atoms with E-state index in [0.717, 1.165) is 13.1 Å². The molecule has 23 heavy (non-hydrogen) atoms. The molecular formula is C20H25BrN2. The Morgan fingerprint density at radius 3 is 2.48 bits per heavy atom. The number of rotatable bonds is 6. The zero-order chi connectivity index (χ0) is 16.2. The van der Waals surface area contributed by atoms with E-state index in [-0.39, 0.29) is 0 Å². The smallest absolute Gasteiger partial charge is 0.0370 e. The molecule has 122 valence electrons. The third-order valence-electron chi connectivity index (χ3n) is 4.62. The molecule has 2 atom stereocenters. The molecule has 2 unspecified atom stereocenters. The second-order valence-electron chi connectivity index (χ2n) is 6.64. The van der Waals surface area contributed by atoms with Gasteiger partial charge in [-0.25, -0.2) is 0 Å². The lowest BCUT2D eigenvalue weighted by atomic mass is 9.86. The van der Waals surface area contributed by atoms with Crippen LogP contribution in [0.4, 0.5) is 0 Å². The molecule has 0 aliphatic carbocycles. The first-order chi connectivity index (χ1) is 11.1. The predicted molar refractivity (Wildman–Crippen MR) is 100 cm³/mol. The molecule has 0 bridgehead atoms. The molecule has 0 spiro atoms. The molecular weight excluding hydrogens is 348 g/mol. The Bertz CT molecular complexity index is 627. The van der Waals surface area contributed by atoms with Gasteiger partial charge in [0.25, 0.3) is 0 Å². The maximum absolute atomic E-state index is 3.69. The molecule has 2 nitrogen and oxygen atoms in total. The number of nitrogens with zero attached hydrogens (tertiary/aromatic N) is 1. The molecule has 1 fully saturated rings. The van der Waals surface area contributed by atoms with Crippen molar-refractivity contribution in [1.29, 1.82) is 0 Å². The lowest BCUT2D eigenvalue weighted by Gasteiger charge is -2.49. The van der Waals surface area contributed by atoms with Gasteiger partial charge in [-0.3, -0.25) is 4.90 Å². The SMILES string of the molecule is CC(C)NCC1CC(c2ccccc2)N1Cc1ccccc1Br. The van der Waals surface area contributed by atoms with Crippen LogP contribution in [0.15, 0.2) is 59.1 Å². The number of nitrogens with one attached hydrogen (secondary N) is 1. The van der Waals surface area contributed by atoms with E-state index in [2.05, 4.69) is 94.6 Å². The van der Waals surface area contributed by atoms with Crippen molar-refractivity contribution in [2.24, 2.45) is 0 Å². The summed E-state index contributed by atoms with van der Waals surface area (Å²) in [6.45, 7) is 6.48. The summed E-state index contributed by atoms with van der Waals surface area (Å²) in [6, 6.07) is 21.1. The van der Waals surface area contributed by atoms with E-state index >= 15 is 0 Å². The Hall–Kier alpha value is -1.16. The summed E-state index contributed by atoms with van der Waals surface area (Å²) in [5.41, 5.74) is 2.79. The van der Waals surface area contributed by atoms with Gasteiger partial charge >= 0.3 is 0 Å². The first-order valence-corrected chi connectivity index (χ1v) is 9.22. The summed E-state index contributed by atoms with van der Waals surface area (Å²) < 4.78 is 1.20. The summed E-state index contributed by atoms with van der Waals surface area (Å²) in [5, 5.41) is 3.60. The number of halogens is 1. The first kappa shape index (κ1) is 16.7. The summed E-state index contributed by atoms with van der Waals surface area (Å²) in [5.74, 6) is 0. The molecule has 1 N–H and O–H groups in total. The molecule has 1 heterocycles. The van der Waals surface area contributed by atoms with Gasteiger partial charge in [0.2, 0.25) is 0 Å². The summed E-state index contributed by atoms with van der Waals surface area (Å²) in [6.07, 6.45) is 1.23. The van der Waals surface area contributed by atoms with E-state index in [4.69, 9.17) is 0 Å². The van der Waals surface area contributed by atoms with E-state index in [0.29, 0.717) is 18.1 Å². The molecule has 3 rings (SSSR count). The number of benzene rings is 2. The van der Waals surface area contributed by atoms with Crippen molar-refractivity contribution in [3.63, 3.8) is 0 Å². The quantitative estimate of drug-likeness (QED) is 0.785. The van der Waals surface area contributed by atoms with Gasteiger partial charge in [0.05, 0.1) is 0 Å². The van der Waals surface area contributed by atoms with Crippen molar-refractivity contribution in [2.45, 2.75) is 44.9 Å². The van der Waals surface area contributed by atoms with Crippen LogP contribution in [0.5, 0.6) is 0 Å². The highest BCUT2D eigenvalue weighted by Gasteiger charge is 2.38. The first-order valence-electron chi connectivity index (χ1n) is 8.42. The van der Waals surface area contributed by atoms with E-state index in [9.17, 15) is 0 Å². The average Bonchev–Trinajstić information content (AvgIpc) is 2.53. The molecule has 1 aliphatic heterocycles. The van der Waals surface area contributed by atoms with Crippen LogP contribution in [0, 0.1) is 0 Å². The normalized spacial score (nSPS) is 21.4. The van der Waals surface area contributed by atoms with Crippen LogP contribution in [0.25, 0.3) is 0 Å². The van der Waals surface area contributed by atoms with Gasteiger partial charge < -0.3 is 5.32 Å². The Morgan fingerprint density at radius 1 is 1.09 bits per heavy atom. The minimum absolute atomic E-state index is 0.530. The molecule has 3 heteroatoms. The molecule has 1 saturated heterocycles. The fourth-order valence-electron chi connectivity index (χ4n) is 3.28. The van der Waals surface area contributed by atoms with Crippen molar-refractivity contribution < 1.29 is 0 Å². The van der Waals surface area contributed by atoms with E-state index in [1.165, 1.54) is 22.0 Å². The topological polar surface area (TPSA) is 15.3 Å². The van der Waals surface area contributed by atoms with Gasteiger partial charge in [0.1, 0.15) is 0 Å². The number of likely N-dealkylation sites (tertiary alicyclic amines) is 1. The molecule has 2 aromatic carbocycles. The summed E-state index contributed by atoms with van der Waals surface area (Å²) in [7, 11) is 0. The van der Waals surface area contributed by atoms with Crippen molar-refractivity contribution in [2.75, 3.05) is 6.54 Å². The molecule has 1 aliphatic rings. The highest BCUT2D eigenvalue weighted by Crippen LogP contribution is 2.40. The van der Waals surface area contributed by atoms with Crippen LogP contribution in [0.3, 0.4) is 0 Å². The lowest BCUT2D eigenvalue weighted by molar-refractivity contribution is 0.00464. The van der Waals surface area contributed by atoms with Crippen molar-refractivity contribution in [1.82, 2.24) is 10.2 Å². The Kier molecular flexibility index (Phi) is 5.52. The largest absolute Gasteiger partial charge is 0.313 e. The van der Waals surface area contributed by atoms with Crippen molar-refractivity contribution in [3.8, 4) is 0 Å². The highest BCUT2D eigenvalue weighted by atomic mass is 79.9. The molecule has 0 saturated carbocycles. The fourth-order valence-corrected chi connectivity index (χ4v) is 3.69. The number of hydrogen-bond donors (Lipinski definition) is 1. The van der Waals surface area contributed by atoms with Gasteiger partial charge in [-0.15, -0.1) is 0 Å². The lowest BCUT2D eigenvalue weighted by Crippen LogP contribution is -2.54. The van der Waals surface area contributed by atoms with Gasteiger partial charge in [-0.05, 0) is 23.6 Å². The number of hydrogen-bond acceptors (Lipinski definition) is 2.